The fourth-order valence-electron chi connectivity index (χ4n) is 2.53. The number of likely N-dealkylation sites (N-methyl/N-ethyl adjacent to an activating group) is 1. The molecule has 17 heavy (non-hydrogen) atoms. The first-order chi connectivity index (χ1) is 7.68. The van der Waals surface area contributed by atoms with Crippen molar-refractivity contribution in [2.75, 3.05) is 6.54 Å². The van der Waals surface area contributed by atoms with Crippen LogP contribution in [-0.2, 0) is 9.53 Å². The van der Waals surface area contributed by atoms with Crippen LogP contribution in [0.5, 0.6) is 0 Å². The van der Waals surface area contributed by atoms with Gasteiger partial charge in [-0.05, 0) is 48.0 Å². The molecular weight excluding hydrogens is 216 g/mol. The van der Waals surface area contributed by atoms with E-state index in [2.05, 4.69) is 38.3 Å². The van der Waals surface area contributed by atoms with E-state index in [9.17, 15) is 4.79 Å². The Kier molecular flexibility index (Phi) is 4.20. The van der Waals surface area contributed by atoms with Gasteiger partial charge in [0.15, 0.2) is 0 Å². The third-order valence-corrected chi connectivity index (χ3v) is 3.27. The second kappa shape index (κ2) is 4.94. The molecule has 100 valence electrons. The van der Waals surface area contributed by atoms with Crippen LogP contribution in [-0.4, -0.2) is 35.7 Å². The molecule has 0 saturated carbocycles. The number of hydrogen-bond acceptors (Lipinski definition) is 3. The molecule has 1 fully saturated rings. The van der Waals surface area contributed by atoms with Crippen molar-refractivity contribution in [2.45, 2.75) is 71.2 Å². The van der Waals surface area contributed by atoms with E-state index in [0.29, 0.717) is 6.54 Å². The monoisotopic (exact) mass is 242 g/mol. The summed E-state index contributed by atoms with van der Waals surface area (Å²) in [5.74, 6) is 0.0491. The van der Waals surface area contributed by atoms with Crippen LogP contribution in [0.25, 0.3) is 0 Å². The Bertz CT molecular complexity index is 287. The van der Waals surface area contributed by atoms with Crippen molar-refractivity contribution in [3.63, 3.8) is 0 Å². The third-order valence-electron chi connectivity index (χ3n) is 3.27. The second-order valence-electron chi connectivity index (χ2n) is 6.00. The van der Waals surface area contributed by atoms with Crippen molar-refractivity contribution in [1.82, 2.24) is 10.6 Å². The van der Waals surface area contributed by atoms with Crippen molar-refractivity contribution in [1.29, 1.82) is 0 Å². The quantitative estimate of drug-likeness (QED) is 0.784. The lowest BCUT2D eigenvalue weighted by Crippen LogP contribution is -2.52. The predicted octanol–water partition coefficient (Wildman–Crippen LogP) is 1.45. The molecule has 1 rings (SSSR count). The number of amides is 1. The third kappa shape index (κ3) is 3.68. The van der Waals surface area contributed by atoms with Gasteiger partial charge in [-0.25, -0.2) is 0 Å². The lowest BCUT2D eigenvalue weighted by Gasteiger charge is -2.29. The van der Waals surface area contributed by atoms with Gasteiger partial charge in [-0.2, -0.15) is 0 Å². The summed E-state index contributed by atoms with van der Waals surface area (Å²) in [6.07, 6.45) is 0.920. The highest BCUT2D eigenvalue weighted by Gasteiger charge is 2.46. The Labute approximate surface area is 104 Å². The molecule has 0 aliphatic carbocycles. The number of carbonyl (C=O) groups is 1. The van der Waals surface area contributed by atoms with Gasteiger partial charge in [0, 0.05) is 12.6 Å². The van der Waals surface area contributed by atoms with Crippen LogP contribution in [0.1, 0.15) is 48.0 Å². The fourth-order valence-corrected chi connectivity index (χ4v) is 2.53. The Balaban J connectivity index is 2.60. The average molecular weight is 242 g/mol. The highest BCUT2D eigenvalue weighted by atomic mass is 16.5. The van der Waals surface area contributed by atoms with E-state index in [1.807, 2.05) is 13.8 Å². The highest BCUT2D eigenvalue weighted by Crippen LogP contribution is 2.37. The Morgan fingerprint density at radius 2 is 2.00 bits per heavy atom. The molecule has 2 N–H and O–H groups in total. The van der Waals surface area contributed by atoms with E-state index in [1.165, 1.54) is 0 Å². The minimum absolute atomic E-state index is 0.0491. The molecule has 1 aliphatic rings. The number of nitrogens with one attached hydrogen (secondary N) is 2. The molecule has 0 aromatic rings. The summed E-state index contributed by atoms with van der Waals surface area (Å²) >= 11 is 0. The molecule has 0 bridgehead atoms. The maximum Gasteiger partial charge on any atom is 0.236 e. The van der Waals surface area contributed by atoms with Crippen molar-refractivity contribution >= 4 is 5.91 Å². The van der Waals surface area contributed by atoms with Crippen LogP contribution in [0.15, 0.2) is 0 Å². The molecule has 0 radical (unpaired) electrons. The Morgan fingerprint density at radius 3 is 2.41 bits per heavy atom. The largest absolute Gasteiger partial charge is 0.368 e. The van der Waals surface area contributed by atoms with Crippen LogP contribution < -0.4 is 10.6 Å². The van der Waals surface area contributed by atoms with Gasteiger partial charge in [0.1, 0.15) is 0 Å². The maximum atomic E-state index is 11.7. The van der Waals surface area contributed by atoms with E-state index in [-0.39, 0.29) is 29.2 Å². The zero-order valence-electron chi connectivity index (χ0n) is 11.9. The minimum atomic E-state index is -0.232. The summed E-state index contributed by atoms with van der Waals surface area (Å²) in [6, 6.07) is 0.0202. The molecule has 0 aromatic heterocycles. The first kappa shape index (κ1) is 14.5. The summed E-state index contributed by atoms with van der Waals surface area (Å²) in [5, 5.41) is 6.20. The summed E-state index contributed by atoms with van der Waals surface area (Å²) in [4.78, 5) is 11.7. The molecule has 0 spiro atoms. The zero-order chi connectivity index (χ0) is 13.3. The van der Waals surface area contributed by atoms with Crippen molar-refractivity contribution in [3.05, 3.63) is 0 Å². The van der Waals surface area contributed by atoms with Gasteiger partial charge in [-0.15, -0.1) is 0 Å². The minimum Gasteiger partial charge on any atom is -0.368 e. The molecule has 2 atom stereocenters. The van der Waals surface area contributed by atoms with Gasteiger partial charge >= 0.3 is 0 Å². The van der Waals surface area contributed by atoms with Gasteiger partial charge in [-0.3, -0.25) is 4.79 Å². The number of carbonyl (C=O) groups excluding carboxylic acids is 1. The van der Waals surface area contributed by atoms with Crippen LogP contribution in [0.2, 0.25) is 0 Å². The Hall–Kier alpha value is -0.610. The lowest BCUT2D eigenvalue weighted by molar-refractivity contribution is -0.123. The van der Waals surface area contributed by atoms with E-state index in [4.69, 9.17) is 4.74 Å². The van der Waals surface area contributed by atoms with E-state index in [1.54, 1.807) is 0 Å². The van der Waals surface area contributed by atoms with Gasteiger partial charge in [0.2, 0.25) is 5.91 Å². The van der Waals surface area contributed by atoms with Crippen LogP contribution in [0, 0.1) is 0 Å². The van der Waals surface area contributed by atoms with E-state index >= 15 is 0 Å². The smallest absolute Gasteiger partial charge is 0.236 e. The summed E-state index contributed by atoms with van der Waals surface area (Å²) in [7, 11) is 0. The molecule has 1 aliphatic heterocycles. The molecular formula is C13H26N2O2. The molecule has 2 unspecified atom stereocenters. The van der Waals surface area contributed by atoms with Crippen molar-refractivity contribution in [2.24, 2.45) is 0 Å². The number of ether oxygens (including phenoxy) is 1. The predicted molar refractivity (Wildman–Crippen MR) is 68.9 cm³/mol. The van der Waals surface area contributed by atoms with Crippen molar-refractivity contribution in [3.8, 4) is 0 Å². The fraction of sp³-hybridized carbons (Fsp3) is 0.923. The maximum absolute atomic E-state index is 11.7. The average Bonchev–Trinajstić information content (AvgIpc) is 2.34. The SMILES string of the molecule is CCNC(=O)C(C)NC1CC(C)(C)OC1(C)C. The van der Waals surface area contributed by atoms with Gasteiger partial charge in [0.25, 0.3) is 0 Å². The van der Waals surface area contributed by atoms with Gasteiger partial charge in [-0.1, -0.05) is 0 Å². The zero-order valence-corrected chi connectivity index (χ0v) is 11.9. The van der Waals surface area contributed by atoms with Crippen LogP contribution in [0.3, 0.4) is 0 Å². The first-order valence-electron chi connectivity index (χ1n) is 6.42. The summed E-state index contributed by atoms with van der Waals surface area (Å²) in [5.41, 5.74) is -0.355. The first-order valence-corrected chi connectivity index (χ1v) is 6.42. The topological polar surface area (TPSA) is 50.4 Å². The number of hydrogen-bond donors (Lipinski definition) is 2. The molecule has 4 heteroatoms. The summed E-state index contributed by atoms with van der Waals surface area (Å²) < 4.78 is 6.00. The van der Waals surface area contributed by atoms with E-state index in [0.717, 1.165) is 6.42 Å². The highest BCUT2D eigenvalue weighted by molar-refractivity contribution is 5.81. The lowest BCUT2D eigenvalue weighted by atomic mass is 9.94. The molecule has 4 nitrogen and oxygen atoms in total. The molecule has 0 aromatic carbocycles. The number of rotatable bonds is 4. The molecule has 1 saturated heterocycles. The van der Waals surface area contributed by atoms with Crippen LogP contribution >= 0.6 is 0 Å². The second-order valence-corrected chi connectivity index (χ2v) is 6.00. The van der Waals surface area contributed by atoms with Crippen molar-refractivity contribution < 1.29 is 9.53 Å². The Morgan fingerprint density at radius 1 is 1.41 bits per heavy atom. The standard InChI is InChI=1S/C13H26N2O2/c1-7-14-11(16)9(2)15-10-8-12(3,4)17-13(10,5)6/h9-10,15H,7-8H2,1-6H3,(H,14,16). The normalized spacial score (nSPS) is 27.8. The molecule has 1 amide bonds. The van der Waals surface area contributed by atoms with E-state index < -0.39 is 0 Å². The molecule has 1 heterocycles. The van der Waals surface area contributed by atoms with Crippen LogP contribution in [0.4, 0.5) is 0 Å². The summed E-state index contributed by atoms with van der Waals surface area (Å²) in [6.45, 7) is 12.8. The van der Waals surface area contributed by atoms with Gasteiger partial charge < -0.3 is 15.4 Å². The van der Waals surface area contributed by atoms with Gasteiger partial charge in [0.05, 0.1) is 17.2 Å².